The van der Waals surface area contributed by atoms with Crippen molar-refractivity contribution in [1.29, 1.82) is 0 Å². The SMILES string of the molecule is C[C@H](OC(=O)c1ccccc1NS(C)(=O)=O)C(=O)Nc1ccccc1. The smallest absolute Gasteiger partial charge is 0.341 e. The van der Waals surface area contributed by atoms with Crippen molar-refractivity contribution in [3.8, 4) is 0 Å². The Morgan fingerprint density at radius 3 is 2.24 bits per heavy atom. The van der Waals surface area contributed by atoms with E-state index in [1.807, 2.05) is 6.07 Å². The lowest BCUT2D eigenvalue weighted by Gasteiger charge is -2.15. The molecule has 0 saturated carbocycles. The summed E-state index contributed by atoms with van der Waals surface area (Å²) in [6.45, 7) is 1.43. The van der Waals surface area contributed by atoms with Crippen molar-refractivity contribution in [1.82, 2.24) is 0 Å². The maximum Gasteiger partial charge on any atom is 0.341 e. The van der Waals surface area contributed by atoms with Crippen LogP contribution in [0.3, 0.4) is 0 Å². The van der Waals surface area contributed by atoms with Gasteiger partial charge in [-0.15, -0.1) is 0 Å². The Kier molecular flexibility index (Phi) is 5.76. The van der Waals surface area contributed by atoms with Crippen molar-refractivity contribution < 1.29 is 22.7 Å². The van der Waals surface area contributed by atoms with Gasteiger partial charge in [0.2, 0.25) is 10.0 Å². The van der Waals surface area contributed by atoms with Crippen molar-refractivity contribution in [3.05, 3.63) is 60.2 Å². The molecule has 25 heavy (non-hydrogen) atoms. The summed E-state index contributed by atoms with van der Waals surface area (Å²) in [5, 5.41) is 2.62. The zero-order valence-electron chi connectivity index (χ0n) is 13.7. The topological polar surface area (TPSA) is 102 Å². The first-order chi connectivity index (χ1) is 11.8. The molecule has 2 aromatic carbocycles. The normalized spacial score (nSPS) is 12.1. The molecular formula is C17H18N2O5S. The zero-order valence-corrected chi connectivity index (χ0v) is 14.5. The molecule has 132 valence electrons. The van der Waals surface area contributed by atoms with E-state index in [-0.39, 0.29) is 11.3 Å². The largest absolute Gasteiger partial charge is 0.449 e. The number of carbonyl (C=O) groups is 2. The van der Waals surface area contributed by atoms with Gasteiger partial charge in [-0.1, -0.05) is 30.3 Å². The average Bonchev–Trinajstić information content (AvgIpc) is 2.54. The summed E-state index contributed by atoms with van der Waals surface area (Å²) in [5.41, 5.74) is 0.687. The van der Waals surface area contributed by atoms with Gasteiger partial charge in [0.05, 0.1) is 17.5 Å². The first kappa shape index (κ1) is 18.5. The summed E-state index contributed by atoms with van der Waals surface area (Å²) >= 11 is 0. The Hall–Kier alpha value is -2.87. The molecule has 2 aromatic rings. The Labute approximate surface area is 146 Å². The summed E-state index contributed by atoms with van der Waals surface area (Å²) in [4.78, 5) is 24.4. The quantitative estimate of drug-likeness (QED) is 0.768. The van der Waals surface area contributed by atoms with Crippen LogP contribution in [0.5, 0.6) is 0 Å². The standard InChI is InChI=1S/C17H18N2O5S/c1-12(16(20)18-13-8-4-3-5-9-13)24-17(21)14-10-6-7-11-15(14)19-25(2,22)23/h3-12,19H,1-2H3,(H,18,20)/t12-/m0/s1. The van der Waals surface area contributed by atoms with Crippen LogP contribution < -0.4 is 10.0 Å². The number of hydrogen-bond donors (Lipinski definition) is 2. The highest BCUT2D eigenvalue weighted by Gasteiger charge is 2.21. The number of anilines is 2. The molecule has 0 bridgehead atoms. The number of para-hydroxylation sites is 2. The molecule has 0 radical (unpaired) electrons. The number of sulfonamides is 1. The zero-order chi connectivity index (χ0) is 18.4. The van der Waals surface area contributed by atoms with E-state index in [1.165, 1.54) is 19.1 Å². The molecular weight excluding hydrogens is 344 g/mol. The van der Waals surface area contributed by atoms with E-state index in [1.54, 1.807) is 36.4 Å². The van der Waals surface area contributed by atoms with E-state index in [0.717, 1.165) is 6.26 Å². The molecule has 1 atom stereocenters. The van der Waals surface area contributed by atoms with Gasteiger partial charge in [-0.05, 0) is 31.2 Å². The highest BCUT2D eigenvalue weighted by molar-refractivity contribution is 7.92. The van der Waals surface area contributed by atoms with E-state index in [9.17, 15) is 18.0 Å². The van der Waals surface area contributed by atoms with Crippen LogP contribution in [0.4, 0.5) is 11.4 Å². The minimum Gasteiger partial charge on any atom is -0.449 e. The fraction of sp³-hybridized carbons (Fsp3) is 0.176. The minimum absolute atomic E-state index is 0.0206. The summed E-state index contributed by atoms with van der Waals surface area (Å²) in [6.07, 6.45) is -0.0793. The fourth-order valence-corrected chi connectivity index (χ4v) is 2.57. The number of ether oxygens (including phenoxy) is 1. The van der Waals surface area contributed by atoms with Crippen LogP contribution >= 0.6 is 0 Å². The molecule has 0 spiro atoms. The number of amides is 1. The summed E-state index contributed by atoms with van der Waals surface area (Å²) in [6, 6.07) is 14.7. The third kappa shape index (κ3) is 5.61. The van der Waals surface area contributed by atoms with Gasteiger partial charge < -0.3 is 10.1 Å². The Balaban J connectivity index is 2.07. The maximum absolute atomic E-state index is 12.3. The molecule has 0 saturated heterocycles. The van der Waals surface area contributed by atoms with Gasteiger partial charge in [-0.25, -0.2) is 13.2 Å². The average molecular weight is 362 g/mol. The number of carbonyl (C=O) groups excluding carboxylic acids is 2. The maximum atomic E-state index is 12.3. The Morgan fingerprint density at radius 2 is 1.60 bits per heavy atom. The lowest BCUT2D eigenvalue weighted by atomic mass is 10.2. The van der Waals surface area contributed by atoms with Gasteiger partial charge >= 0.3 is 5.97 Å². The second-order valence-corrected chi connectivity index (χ2v) is 7.07. The van der Waals surface area contributed by atoms with Crippen molar-refractivity contribution in [2.45, 2.75) is 13.0 Å². The molecule has 0 heterocycles. The van der Waals surface area contributed by atoms with E-state index in [2.05, 4.69) is 10.0 Å². The number of benzene rings is 2. The van der Waals surface area contributed by atoms with Crippen LogP contribution in [0.2, 0.25) is 0 Å². The lowest BCUT2D eigenvalue weighted by Crippen LogP contribution is -2.30. The second-order valence-electron chi connectivity index (χ2n) is 5.32. The van der Waals surface area contributed by atoms with Crippen LogP contribution in [0, 0.1) is 0 Å². The third-order valence-corrected chi connectivity index (χ3v) is 3.73. The molecule has 8 heteroatoms. The van der Waals surface area contributed by atoms with Crippen LogP contribution in [0.25, 0.3) is 0 Å². The number of rotatable bonds is 6. The second kappa shape index (κ2) is 7.80. The number of esters is 1. The van der Waals surface area contributed by atoms with Gasteiger partial charge in [-0.2, -0.15) is 0 Å². The van der Waals surface area contributed by atoms with Gasteiger partial charge in [0.25, 0.3) is 5.91 Å². The molecule has 0 aromatic heterocycles. The Morgan fingerprint density at radius 1 is 1.00 bits per heavy atom. The molecule has 2 rings (SSSR count). The monoisotopic (exact) mass is 362 g/mol. The van der Waals surface area contributed by atoms with Crippen LogP contribution in [0.1, 0.15) is 17.3 Å². The first-order valence-electron chi connectivity index (χ1n) is 7.40. The third-order valence-electron chi connectivity index (χ3n) is 3.14. The molecule has 2 N–H and O–H groups in total. The summed E-state index contributed by atoms with van der Waals surface area (Å²) in [5.74, 6) is -1.30. The Bertz CT molecular complexity index is 866. The van der Waals surface area contributed by atoms with Crippen molar-refractivity contribution >= 4 is 33.3 Å². The molecule has 0 aliphatic carbocycles. The fourth-order valence-electron chi connectivity index (χ4n) is 1.99. The number of nitrogens with one attached hydrogen (secondary N) is 2. The predicted molar refractivity (Wildman–Crippen MR) is 94.9 cm³/mol. The van der Waals surface area contributed by atoms with Crippen LogP contribution in [-0.2, 0) is 19.6 Å². The van der Waals surface area contributed by atoms with Gasteiger partial charge in [0.1, 0.15) is 0 Å². The summed E-state index contributed by atoms with van der Waals surface area (Å²) in [7, 11) is -3.56. The highest BCUT2D eigenvalue weighted by Crippen LogP contribution is 2.18. The molecule has 1 amide bonds. The van der Waals surface area contributed by atoms with E-state index in [0.29, 0.717) is 5.69 Å². The predicted octanol–water partition coefficient (Wildman–Crippen LogP) is 2.24. The van der Waals surface area contributed by atoms with Crippen molar-refractivity contribution in [2.24, 2.45) is 0 Å². The number of hydrogen-bond acceptors (Lipinski definition) is 5. The highest BCUT2D eigenvalue weighted by atomic mass is 32.2. The van der Waals surface area contributed by atoms with Crippen molar-refractivity contribution in [3.63, 3.8) is 0 Å². The van der Waals surface area contributed by atoms with Gasteiger partial charge in [0, 0.05) is 5.69 Å². The molecule has 0 aliphatic rings. The van der Waals surface area contributed by atoms with Crippen molar-refractivity contribution in [2.75, 3.05) is 16.3 Å². The molecule has 0 fully saturated rings. The minimum atomic E-state index is -3.56. The van der Waals surface area contributed by atoms with E-state index in [4.69, 9.17) is 4.74 Å². The van der Waals surface area contributed by atoms with Gasteiger partial charge in [-0.3, -0.25) is 9.52 Å². The van der Waals surface area contributed by atoms with E-state index < -0.39 is 28.0 Å². The summed E-state index contributed by atoms with van der Waals surface area (Å²) < 4.78 is 30.1. The lowest BCUT2D eigenvalue weighted by molar-refractivity contribution is -0.123. The molecule has 7 nitrogen and oxygen atoms in total. The van der Waals surface area contributed by atoms with Crippen LogP contribution in [0.15, 0.2) is 54.6 Å². The van der Waals surface area contributed by atoms with Crippen LogP contribution in [-0.4, -0.2) is 32.7 Å². The molecule has 0 aliphatic heterocycles. The molecule has 0 unspecified atom stereocenters. The van der Waals surface area contributed by atoms with Gasteiger partial charge in [0.15, 0.2) is 6.10 Å². The first-order valence-corrected chi connectivity index (χ1v) is 9.29. The van der Waals surface area contributed by atoms with E-state index >= 15 is 0 Å².